The number of halogens is 1. The molecule has 1 aliphatic rings. The Hall–Kier alpha value is -3.24. The van der Waals surface area contributed by atoms with E-state index in [1.165, 1.54) is 10.4 Å². The van der Waals surface area contributed by atoms with Crippen LogP contribution < -0.4 is 15.6 Å². The minimum absolute atomic E-state index is 0.115. The second-order valence-electron chi connectivity index (χ2n) is 7.73. The van der Waals surface area contributed by atoms with Crippen molar-refractivity contribution >= 4 is 32.6 Å². The second-order valence-corrected chi connectivity index (χ2v) is 9.82. The quantitative estimate of drug-likeness (QED) is 0.528. The van der Waals surface area contributed by atoms with Gasteiger partial charge in [-0.2, -0.15) is 4.31 Å². The molecular formula is C23H24FN3O5S. The van der Waals surface area contributed by atoms with Crippen LogP contribution in [0.5, 0.6) is 0 Å². The number of hydrogen-bond donors (Lipinski definition) is 1. The summed E-state index contributed by atoms with van der Waals surface area (Å²) >= 11 is 0. The summed E-state index contributed by atoms with van der Waals surface area (Å²) in [6.45, 7) is 1.45. The predicted molar refractivity (Wildman–Crippen MR) is 123 cm³/mol. The number of benzene rings is 2. The van der Waals surface area contributed by atoms with Gasteiger partial charge in [0.25, 0.3) is 5.91 Å². The molecule has 174 valence electrons. The van der Waals surface area contributed by atoms with Crippen molar-refractivity contribution in [3.8, 4) is 0 Å². The Morgan fingerprint density at radius 2 is 1.73 bits per heavy atom. The molecule has 1 fully saturated rings. The van der Waals surface area contributed by atoms with Gasteiger partial charge < -0.3 is 14.6 Å². The molecule has 0 spiro atoms. The Bertz CT molecular complexity index is 1320. The number of piperazine rings is 1. The molecule has 2 aromatic carbocycles. The molecule has 0 aliphatic carbocycles. The topological polar surface area (TPSA) is 99.9 Å². The highest BCUT2D eigenvalue weighted by Gasteiger charge is 2.27. The number of carbonyl (C=O) groups is 1. The maximum atomic E-state index is 14.0. The maximum Gasteiger partial charge on any atom is 0.287 e. The fraction of sp³-hybridized carbons (Fsp3) is 0.304. The van der Waals surface area contributed by atoms with E-state index in [-0.39, 0.29) is 48.8 Å². The lowest BCUT2D eigenvalue weighted by atomic mass is 10.2. The highest BCUT2D eigenvalue weighted by molar-refractivity contribution is 7.89. The number of anilines is 1. The van der Waals surface area contributed by atoms with Crippen LogP contribution in [0.1, 0.15) is 17.0 Å². The molecule has 1 aliphatic heterocycles. The summed E-state index contributed by atoms with van der Waals surface area (Å²) < 4.78 is 46.2. The van der Waals surface area contributed by atoms with Gasteiger partial charge in [-0.05, 0) is 30.7 Å². The van der Waals surface area contributed by atoms with Crippen molar-refractivity contribution in [1.29, 1.82) is 0 Å². The fourth-order valence-corrected chi connectivity index (χ4v) is 5.29. The molecule has 0 radical (unpaired) electrons. The molecule has 1 saturated heterocycles. The van der Waals surface area contributed by atoms with Crippen LogP contribution in [0.4, 0.5) is 10.1 Å². The molecule has 1 aromatic heterocycles. The van der Waals surface area contributed by atoms with Crippen LogP contribution in [-0.2, 0) is 10.0 Å². The molecule has 33 heavy (non-hydrogen) atoms. The molecule has 10 heteroatoms. The first-order valence-electron chi connectivity index (χ1n) is 10.6. The van der Waals surface area contributed by atoms with Gasteiger partial charge in [0.05, 0.1) is 16.8 Å². The van der Waals surface area contributed by atoms with E-state index in [4.69, 9.17) is 4.42 Å². The lowest BCUT2D eigenvalue weighted by Gasteiger charge is -2.35. The second kappa shape index (κ2) is 9.72. The van der Waals surface area contributed by atoms with Gasteiger partial charge in [0.1, 0.15) is 11.4 Å². The third kappa shape index (κ3) is 5.23. The molecule has 8 nitrogen and oxygen atoms in total. The average Bonchev–Trinajstić information content (AvgIpc) is 2.82. The zero-order valence-electron chi connectivity index (χ0n) is 17.9. The number of nitrogens with one attached hydrogen (secondary N) is 1. The van der Waals surface area contributed by atoms with E-state index in [2.05, 4.69) is 5.32 Å². The number of hydrogen-bond acceptors (Lipinski definition) is 6. The van der Waals surface area contributed by atoms with E-state index >= 15 is 0 Å². The Kier molecular flexibility index (Phi) is 6.75. The van der Waals surface area contributed by atoms with E-state index in [0.29, 0.717) is 29.7 Å². The normalized spacial score (nSPS) is 15.0. The zero-order chi connectivity index (χ0) is 23.4. The number of rotatable bonds is 7. The average molecular weight is 474 g/mol. The van der Waals surface area contributed by atoms with Gasteiger partial charge in [-0.1, -0.05) is 24.3 Å². The number of nitrogens with zero attached hydrogens (tertiary/aromatic N) is 2. The highest BCUT2D eigenvalue weighted by Crippen LogP contribution is 2.21. The van der Waals surface area contributed by atoms with Crippen LogP contribution in [0.15, 0.2) is 63.8 Å². The van der Waals surface area contributed by atoms with Crippen molar-refractivity contribution in [3.63, 3.8) is 0 Å². The molecule has 2 heterocycles. The van der Waals surface area contributed by atoms with Gasteiger partial charge in [-0.25, -0.2) is 12.8 Å². The first-order valence-corrected chi connectivity index (χ1v) is 12.2. The minimum atomic E-state index is -3.51. The predicted octanol–water partition coefficient (Wildman–Crippen LogP) is 2.20. The first-order chi connectivity index (χ1) is 15.8. The summed E-state index contributed by atoms with van der Waals surface area (Å²) in [6.07, 6.45) is 0.208. The number of fused-ring (bicyclic) bond motifs is 1. The Balaban J connectivity index is 1.27. The first kappa shape index (κ1) is 22.9. The van der Waals surface area contributed by atoms with Crippen LogP contribution in [0, 0.1) is 5.82 Å². The van der Waals surface area contributed by atoms with E-state index in [1.807, 2.05) is 4.90 Å². The van der Waals surface area contributed by atoms with Crippen LogP contribution in [-0.4, -0.2) is 57.1 Å². The maximum absolute atomic E-state index is 14.0. The van der Waals surface area contributed by atoms with Gasteiger partial charge in [0, 0.05) is 38.8 Å². The van der Waals surface area contributed by atoms with Gasteiger partial charge >= 0.3 is 0 Å². The van der Waals surface area contributed by atoms with Gasteiger partial charge in [0.2, 0.25) is 10.0 Å². The zero-order valence-corrected chi connectivity index (χ0v) is 18.7. The number of amides is 1. The number of carbonyl (C=O) groups excluding carboxylic acids is 1. The standard InChI is InChI=1S/C23H24FN3O5S/c24-18-7-2-3-8-19(18)26-11-13-27(14-12-26)33(30,31)15-5-10-25-23(29)22-16-20(28)17-6-1-4-9-21(17)32-22/h1-4,6-9,16H,5,10-15H2,(H,25,29). The third-order valence-electron chi connectivity index (χ3n) is 5.55. The number of sulfonamides is 1. The summed E-state index contributed by atoms with van der Waals surface area (Å²) in [5, 5.41) is 2.98. The van der Waals surface area contributed by atoms with E-state index in [9.17, 15) is 22.4 Å². The summed E-state index contributed by atoms with van der Waals surface area (Å²) in [4.78, 5) is 26.3. The SMILES string of the molecule is O=C(NCCCS(=O)(=O)N1CCN(c2ccccc2F)CC1)c1cc(=O)c2ccccc2o1. The molecule has 0 atom stereocenters. The molecule has 0 saturated carbocycles. The van der Waals surface area contributed by atoms with Crippen LogP contribution in [0.3, 0.4) is 0 Å². The molecular weight excluding hydrogens is 449 g/mol. The Morgan fingerprint density at radius 1 is 1.03 bits per heavy atom. The van der Waals surface area contributed by atoms with Crippen LogP contribution >= 0.6 is 0 Å². The summed E-state index contributed by atoms with van der Waals surface area (Å²) in [7, 11) is -3.51. The van der Waals surface area contributed by atoms with Gasteiger partial charge in [0.15, 0.2) is 11.2 Å². The van der Waals surface area contributed by atoms with Crippen molar-refractivity contribution in [1.82, 2.24) is 9.62 Å². The van der Waals surface area contributed by atoms with Crippen molar-refractivity contribution in [2.45, 2.75) is 6.42 Å². The monoisotopic (exact) mass is 473 g/mol. The number of para-hydroxylation sites is 2. The highest BCUT2D eigenvalue weighted by atomic mass is 32.2. The minimum Gasteiger partial charge on any atom is -0.451 e. The van der Waals surface area contributed by atoms with Gasteiger partial charge in [-0.3, -0.25) is 9.59 Å². The van der Waals surface area contributed by atoms with E-state index in [1.54, 1.807) is 42.5 Å². The Labute approximate surface area is 190 Å². The summed E-state index contributed by atoms with van der Waals surface area (Å²) in [5.74, 6) is -1.15. The van der Waals surface area contributed by atoms with Gasteiger partial charge in [-0.15, -0.1) is 0 Å². The van der Waals surface area contributed by atoms with Crippen LogP contribution in [0.2, 0.25) is 0 Å². The van der Waals surface area contributed by atoms with Crippen LogP contribution in [0.25, 0.3) is 11.0 Å². The van der Waals surface area contributed by atoms with Crippen molar-refractivity contribution in [2.75, 3.05) is 43.4 Å². The van der Waals surface area contributed by atoms with Crippen molar-refractivity contribution in [2.24, 2.45) is 0 Å². The van der Waals surface area contributed by atoms with E-state index in [0.717, 1.165) is 6.07 Å². The smallest absolute Gasteiger partial charge is 0.287 e. The molecule has 4 rings (SSSR count). The lowest BCUT2D eigenvalue weighted by Crippen LogP contribution is -2.49. The molecule has 1 N–H and O–H groups in total. The van der Waals surface area contributed by atoms with Crippen molar-refractivity contribution < 1.29 is 22.0 Å². The third-order valence-corrected chi connectivity index (χ3v) is 7.50. The van der Waals surface area contributed by atoms with E-state index < -0.39 is 15.9 Å². The molecule has 0 unspecified atom stereocenters. The molecule has 0 bridgehead atoms. The molecule has 1 amide bonds. The Morgan fingerprint density at radius 3 is 2.48 bits per heavy atom. The summed E-state index contributed by atoms with van der Waals surface area (Å²) in [5.41, 5.74) is 0.462. The lowest BCUT2D eigenvalue weighted by molar-refractivity contribution is 0.0926. The molecule has 3 aromatic rings. The van der Waals surface area contributed by atoms with Crippen molar-refractivity contribution in [3.05, 3.63) is 76.4 Å². The largest absolute Gasteiger partial charge is 0.451 e. The summed E-state index contributed by atoms with van der Waals surface area (Å²) in [6, 6.07) is 14.2. The fourth-order valence-electron chi connectivity index (χ4n) is 3.80.